The van der Waals surface area contributed by atoms with Crippen molar-refractivity contribution in [2.24, 2.45) is 0 Å². The highest BCUT2D eigenvalue weighted by Gasteiger charge is 2.24. The van der Waals surface area contributed by atoms with E-state index in [2.05, 4.69) is 6.07 Å². The molecule has 4 nitrogen and oxygen atoms in total. The largest absolute Gasteiger partial charge is 0.507 e. The average Bonchev–Trinajstić information content (AvgIpc) is 2.55. The molecule has 0 bridgehead atoms. The molecular weight excluding hydrogens is 292 g/mol. The standard InChI is InChI=1S/C19H22O4/c1-3-21-14-8-9-16(17(20)11-14)18-10-6-13-5-7-15(22-4-2)12-19(13)23-18/h5,7-9,11-12,18,20H,3-4,6,10H2,1-2H3. The van der Waals surface area contributed by atoms with Crippen molar-refractivity contribution < 1.29 is 19.3 Å². The molecule has 3 rings (SSSR count). The second-order valence-corrected chi connectivity index (χ2v) is 5.50. The smallest absolute Gasteiger partial charge is 0.128 e. The van der Waals surface area contributed by atoms with Gasteiger partial charge in [-0.05, 0) is 50.5 Å². The summed E-state index contributed by atoms with van der Waals surface area (Å²) < 4.78 is 17.0. The van der Waals surface area contributed by atoms with Crippen LogP contribution in [0.4, 0.5) is 0 Å². The number of phenols is 1. The Hall–Kier alpha value is -2.36. The van der Waals surface area contributed by atoms with Crippen LogP contribution in [0.1, 0.15) is 37.5 Å². The number of ether oxygens (including phenoxy) is 3. The van der Waals surface area contributed by atoms with Crippen molar-refractivity contribution >= 4 is 0 Å². The summed E-state index contributed by atoms with van der Waals surface area (Å²) in [6.07, 6.45) is 1.59. The molecule has 0 fully saturated rings. The first-order chi connectivity index (χ1) is 11.2. The van der Waals surface area contributed by atoms with E-state index in [9.17, 15) is 5.11 Å². The van der Waals surface area contributed by atoms with Gasteiger partial charge in [-0.15, -0.1) is 0 Å². The normalized spacial score (nSPS) is 16.3. The third-order valence-electron chi connectivity index (χ3n) is 3.95. The van der Waals surface area contributed by atoms with Crippen molar-refractivity contribution in [2.45, 2.75) is 32.8 Å². The first kappa shape index (κ1) is 15.5. The van der Waals surface area contributed by atoms with E-state index in [0.29, 0.717) is 19.0 Å². The Morgan fingerprint density at radius 2 is 1.74 bits per heavy atom. The molecule has 1 heterocycles. The number of aromatic hydroxyl groups is 1. The van der Waals surface area contributed by atoms with E-state index in [1.807, 2.05) is 38.1 Å². The molecule has 0 radical (unpaired) electrons. The van der Waals surface area contributed by atoms with Gasteiger partial charge < -0.3 is 19.3 Å². The van der Waals surface area contributed by atoms with Crippen LogP contribution in [-0.2, 0) is 6.42 Å². The van der Waals surface area contributed by atoms with Crippen molar-refractivity contribution in [2.75, 3.05) is 13.2 Å². The third-order valence-corrected chi connectivity index (χ3v) is 3.95. The lowest BCUT2D eigenvalue weighted by molar-refractivity contribution is 0.171. The minimum Gasteiger partial charge on any atom is -0.507 e. The monoisotopic (exact) mass is 314 g/mol. The van der Waals surface area contributed by atoms with Gasteiger partial charge in [0, 0.05) is 17.7 Å². The van der Waals surface area contributed by atoms with E-state index in [1.165, 1.54) is 5.56 Å². The minimum atomic E-state index is -0.157. The number of phenolic OH excluding ortho intramolecular Hbond substituents is 1. The summed E-state index contributed by atoms with van der Waals surface area (Å²) in [6, 6.07) is 11.3. The van der Waals surface area contributed by atoms with Crippen LogP contribution < -0.4 is 14.2 Å². The van der Waals surface area contributed by atoms with E-state index in [4.69, 9.17) is 14.2 Å². The molecule has 0 saturated carbocycles. The van der Waals surface area contributed by atoms with E-state index in [0.717, 1.165) is 29.9 Å². The van der Waals surface area contributed by atoms with Gasteiger partial charge in [-0.1, -0.05) is 6.07 Å². The highest BCUT2D eigenvalue weighted by molar-refractivity contribution is 5.45. The number of fused-ring (bicyclic) bond motifs is 1. The van der Waals surface area contributed by atoms with Crippen LogP contribution in [0.5, 0.6) is 23.0 Å². The van der Waals surface area contributed by atoms with Crippen molar-refractivity contribution in [3.8, 4) is 23.0 Å². The SMILES string of the molecule is CCOc1ccc(C2CCc3ccc(OCC)cc3O2)c(O)c1. The van der Waals surface area contributed by atoms with Gasteiger partial charge in [0.15, 0.2) is 0 Å². The summed E-state index contributed by atoms with van der Waals surface area (Å²) in [7, 11) is 0. The highest BCUT2D eigenvalue weighted by atomic mass is 16.5. The van der Waals surface area contributed by atoms with Gasteiger partial charge >= 0.3 is 0 Å². The Kier molecular flexibility index (Phi) is 4.60. The summed E-state index contributed by atoms with van der Waals surface area (Å²) in [4.78, 5) is 0. The Labute approximate surface area is 136 Å². The summed E-state index contributed by atoms with van der Waals surface area (Å²) in [6.45, 7) is 5.08. The second-order valence-electron chi connectivity index (χ2n) is 5.50. The lowest BCUT2D eigenvalue weighted by Gasteiger charge is -2.27. The van der Waals surface area contributed by atoms with Gasteiger partial charge in [0.25, 0.3) is 0 Å². The summed E-state index contributed by atoms with van der Waals surface area (Å²) >= 11 is 0. The quantitative estimate of drug-likeness (QED) is 0.896. The molecule has 0 saturated heterocycles. The van der Waals surface area contributed by atoms with Crippen molar-refractivity contribution in [3.05, 3.63) is 47.5 Å². The summed E-state index contributed by atoms with van der Waals surface area (Å²) in [5, 5.41) is 10.3. The van der Waals surface area contributed by atoms with Gasteiger partial charge in [0.1, 0.15) is 29.1 Å². The van der Waals surface area contributed by atoms with E-state index in [-0.39, 0.29) is 11.9 Å². The summed E-state index contributed by atoms with van der Waals surface area (Å²) in [5.74, 6) is 2.53. The maximum Gasteiger partial charge on any atom is 0.128 e. The van der Waals surface area contributed by atoms with Crippen LogP contribution in [0, 0.1) is 0 Å². The molecule has 122 valence electrons. The molecule has 0 aromatic heterocycles. The molecule has 2 aromatic rings. The van der Waals surface area contributed by atoms with Crippen molar-refractivity contribution in [1.29, 1.82) is 0 Å². The maximum atomic E-state index is 10.3. The number of hydrogen-bond donors (Lipinski definition) is 1. The van der Waals surface area contributed by atoms with Gasteiger partial charge in [0.2, 0.25) is 0 Å². The van der Waals surface area contributed by atoms with Crippen LogP contribution in [0.2, 0.25) is 0 Å². The Morgan fingerprint density at radius 3 is 2.43 bits per heavy atom. The van der Waals surface area contributed by atoms with Crippen LogP contribution >= 0.6 is 0 Å². The van der Waals surface area contributed by atoms with Gasteiger partial charge in [0.05, 0.1) is 13.2 Å². The lowest BCUT2D eigenvalue weighted by Crippen LogP contribution is -2.15. The molecule has 0 aliphatic carbocycles. The molecular formula is C19H22O4. The van der Waals surface area contributed by atoms with Crippen LogP contribution in [-0.4, -0.2) is 18.3 Å². The third kappa shape index (κ3) is 3.36. The first-order valence-electron chi connectivity index (χ1n) is 8.09. The lowest BCUT2D eigenvalue weighted by atomic mass is 9.96. The van der Waals surface area contributed by atoms with E-state index in [1.54, 1.807) is 6.07 Å². The van der Waals surface area contributed by atoms with E-state index < -0.39 is 0 Å². The first-order valence-corrected chi connectivity index (χ1v) is 8.09. The average molecular weight is 314 g/mol. The Balaban J connectivity index is 1.82. The fraction of sp³-hybridized carbons (Fsp3) is 0.368. The number of rotatable bonds is 5. The minimum absolute atomic E-state index is 0.157. The van der Waals surface area contributed by atoms with Gasteiger partial charge in [-0.2, -0.15) is 0 Å². The molecule has 23 heavy (non-hydrogen) atoms. The molecule has 1 atom stereocenters. The zero-order chi connectivity index (χ0) is 16.2. The van der Waals surface area contributed by atoms with Crippen molar-refractivity contribution in [1.82, 2.24) is 0 Å². The molecule has 2 aromatic carbocycles. The van der Waals surface area contributed by atoms with Crippen LogP contribution in [0.15, 0.2) is 36.4 Å². The Bertz CT molecular complexity index is 681. The molecule has 1 aliphatic heterocycles. The molecule has 1 unspecified atom stereocenters. The predicted octanol–water partition coefficient (Wildman–Crippen LogP) is 4.26. The summed E-state index contributed by atoms with van der Waals surface area (Å²) in [5.41, 5.74) is 1.97. The zero-order valence-electron chi connectivity index (χ0n) is 13.5. The molecule has 4 heteroatoms. The van der Waals surface area contributed by atoms with Gasteiger partial charge in [-0.3, -0.25) is 0 Å². The Morgan fingerprint density at radius 1 is 1.04 bits per heavy atom. The fourth-order valence-corrected chi connectivity index (χ4v) is 2.88. The fourth-order valence-electron chi connectivity index (χ4n) is 2.88. The molecule has 0 amide bonds. The highest BCUT2D eigenvalue weighted by Crippen LogP contribution is 2.40. The maximum absolute atomic E-state index is 10.3. The number of aryl methyl sites for hydroxylation is 1. The number of hydrogen-bond acceptors (Lipinski definition) is 4. The second kappa shape index (κ2) is 6.82. The topological polar surface area (TPSA) is 47.9 Å². The molecule has 1 aliphatic rings. The van der Waals surface area contributed by atoms with Crippen LogP contribution in [0.25, 0.3) is 0 Å². The molecule has 1 N–H and O–H groups in total. The van der Waals surface area contributed by atoms with Crippen molar-refractivity contribution in [3.63, 3.8) is 0 Å². The van der Waals surface area contributed by atoms with Gasteiger partial charge in [-0.25, -0.2) is 0 Å². The zero-order valence-corrected chi connectivity index (χ0v) is 13.5. The van der Waals surface area contributed by atoms with Crippen LogP contribution in [0.3, 0.4) is 0 Å². The number of benzene rings is 2. The predicted molar refractivity (Wildman–Crippen MR) is 88.6 cm³/mol. The molecule has 0 spiro atoms. The van der Waals surface area contributed by atoms with E-state index >= 15 is 0 Å².